The van der Waals surface area contributed by atoms with Gasteiger partial charge in [-0.25, -0.2) is 14.7 Å². The first kappa shape index (κ1) is 20.0. The van der Waals surface area contributed by atoms with E-state index in [9.17, 15) is 22.8 Å². The summed E-state index contributed by atoms with van der Waals surface area (Å²) >= 11 is -0.263. The van der Waals surface area contributed by atoms with Crippen LogP contribution in [-0.4, -0.2) is 35.1 Å². The predicted octanol–water partition coefficient (Wildman–Crippen LogP) is 3.76. The van der Waals surface area contributed by atoms with Crippen molar-refractivity contribution in [2.45, 2.75) is 29.3 Å². The third-order valence-electron chi connectivity index (χ3n) is 4.16. The second-order valence-electron chi connectivity index (χ2n) is 6.33. The van der Waals surface area contributed by atoms with Gasteiger partial charge in [-0.2, -0.15) is 13.2 Å². The lowest BCUT2D eigenvalue weighted by Crippen LogP contribution is -2.46. The molecular weight excluding hydrogens is 395 g/mol. The summed E-state index contributed by atoms with van der Waals surface area (Å²) in [4.78, 5) is 30.2. The van der Waals surface area contributed by atoms with E-state index in [2.05, 4.69) is 10.3 Å². The second-order valence-corrected chi connectivity index (χ2v) is 7.47. The summed E-state index contributed by atoms with van der Waals surface area (Å²) in [6.07, 6.45) is 1.74. The van der Waals surface area contributed by atoms with Crippen molar-refractivity contribution in [1.82, 2.24) is 10.3 Å². The highest BCUT2D eigenvalue weighted by Gasteiger charge is 2.48. The van der Waals surface area contributed by atoms with E-state index < -0.39 is 23.0 Å². The Labute approximate surface area is 163 Å². The van der Waals surface area contributed by atoms with Crippen molar-refractivity contribution in [3.63, 3.8) is 0 Å². The summed E-state index contributed by atoms with van der Waals surface area (Å²) in [5, 5.41) is 2.66. The maximum atomic E-state index is 12.9. The van der Waals surface area contributed by atoms with Crippen LogP contribution in [0.2, 0.25) is 0 Å². The molecule has 1 saturated heterocycles. The zero-order chi connectivity index (χ0) is 20.5. The van der Waals surface area contributed by atoms with Gasteiger partial charge >= 0.3 is 11.5 Å². The molecule has 3 rings (SSSR count). The molecule has 0 saturated carbocycles. The van der Waals surface area contributed by atoms with E-state index in [0.29, 0.717) is 5.88 Å². The summed E-state index contributed by atoms with van der Waals surface area (Å²) in [5.74, 6) is -0.114. The van der Waals surface area contributed by atoms with Crippen molar-refractivity contribution < 1.29 is 27.5 Å². The summed E-state index contributed by atoms with van der Waals surface area (Å²) in [6, 6.07) is 7.80. The molecule has 0 aliphatic carbocycles. The fourth-order valence-corrected chi connectivity index (χ4v) is 3.46. The maximum Gasteiger partial charge on any atom is 0.446 e. The first-order valence-electron chi connectivity index (χ1n) is 8.13. The number of carbonyl (C=O) groups excluding carboxylic acids is 2. The Bertz CT molecular complexity index is 905. The van der Waals surface area contributed by atoms with Crippen LogP contribution in [0.25, 0.3) is 0 Å². The molecule has 1 N–H and O–H groups in total. The molecule has 1 aliphatic rings. The number of hydrogen-bond donors (Lipinski definition) is 1. The van der Waals surface area contributed by atoms with Gasteiger partial charge in [-0.05, 0) is 54.6 Å². The van der Waals surface area contributed by atoms with E-state index in [-0.39, 0.29) is 28.8 Å². The number of anilines is 1. The smallest absolute Gasteiger partial charge is 0.446 e. The molecular formula is C18H16F3N3O3S. The molecule has 1 aromatic carbocycles. The van der Waals surface area contributed by atoms with Crippen molar-refractivity contribution in [2.24, 2.45) is 0 Å². The molecule has 1 aliphatic heterocycles. The number of hydrogen-bond acceptors (Lipinski definition) is 5. The summed E-state index contributed by atoms with van der Waals surface area (Å²) < 4.78 is 42.4. The fraction of sp³-hybridized carbons (Fsp3) is 0.278. The summed E-state index contributed by atoms with van der Waals surface area (Å²) in [5.41, 5.74) is -4.68. The Hall–Kier alpha value is -2.75. The van der Waals surface area contributed by atoms with Gasteiger partial charge in [0.05, 0.1) is 12.8 Å². The Morgan fingerprint density at radius 1 is 1.21 bits per heavy atom. The Morgan fingerprint density at radius 2 is 1.89 bits per heavy atom. The predicted molar refractivity (Wildman–Crippen MR) is 97.3 cm³/mol. The minimum absolute atomic E-state index is 0.0325. The van der Waals surface area contributed by atoms with Crippen LogP contribution in [0.5, 0.6) is 5.88 Å². The van der Waals surface area contributed by atoms with E-state index in [1.165, 1.54) is 37.6 Å². The minimum atomic E-state index is -4.41. The number of amides is 3. The number of nitrogens with zero attached hydrogens (tertiary/aromatic N) is 2. The lowest BCUT2D eigenvalue weighted by Gasteiger charge is -2.22. The number of alkyl halides is 3. The number of thioether (sulfide) groups is 1. The Balaban J connectivity index is 1.80. The molecule has 2 aromatic rings. The number of ether oxygens (including phenoxy) is 1. The summed E-state index contributed by atoms with van der Waals surface area (Å²) in [6.45, 7) is 1.59. The van der Waals surface area contributed by atoms with Crippen LogP contribution in [0, 0.1) is 0 Å². The quantitative estimate of drug-likeness (QED) is 0.599. The van der Waals surface area contributed by atoms with Gasteiger partial charge in [-0.3, -0.25) is 4.79 Å². The molecule has 6 nitrogen and oxygen atoms in total. The summed E-state index contributed by atoms with van der Waals surface area (Å²) in [7, 11) is 1.47. The van der Waals surface area contributed by atoms with Crippen LogP contribution in [-0.2, 0) is 11.2 Å². The molecule has 2 heterocycles. The number of carbonyl (C=O) groups is 2. The number of pyridine rings is 1. The first-order chi connectivity index (χ1) is 13.1. The number of methoxy groups -OCH3 is 1. The molecule has 3 amide bonds. The average molecular weight is 411 g/mol. The van der Waals surface area contributed by atoms with Crippen molar-refractivity contribution >= 4 is 29.4 Å². The standard InChI is InChI=1S/C18H16F3N3O3S/c1-17(10-11-7-8-22-14(9-11)27-2)15(25)24(16(26)23-17)12-3-5-13(6-4-12)28-18(19,20)21/h3-9H,10H2,1-2H3,(H,23,26). The van der Waals surface area contributed by atoms with Crippen molar-refractivity contribution in [3.05, 3.63) is 48.2 Å². The normalized spacial score (nSPS) is 19.7. The fourth-order valence-electron chi connectivity index (χ4n) is 2.92. The molecule has 0 radical (unpaired) electrons. The number of benzene rings is 1. The van der Waals surface area contributed by atoms with Crippen molar-refractivity contribution in [2.75, 3.05) is 12.0 Å². The minimum Gasteiger partial charge on any atom is -0.481 e. The number of urea groups is 1. The van der Waals surface area contributed by atoms with Gasteiger partial charge in [0.15, 0.2) is 0 Å². The van der Waals surface area contributed by atoms with Crippen LogP contribution in [0.4, 0.5) is 23.7 Å². The second kappa shape index (κ2) is 7.34. The van der Waals surface area contributed by atoms with Crippen molar-refractivity contribution in [3.8, 4) is 5.88 Å². The van der Waals surface area contributed by atoms with Gasteiger partial charge in [0, 0.05) is 23.6 Å². The van der Waals surface area contributed by atoms with Gasteiger partial charge in [-0.1, -0.05) is 0 Å². The van der Waals surface area contributed by atoms with E-state index in [4.69, 9.17) is 4.74 Å². The topological polar surface area (TPSA) is 71.5 Å². The molecule has 10 heteroatoms. The number of rotatable bonds is 5. The van der Waals surface area contributed by atoms with E-state index >= 15 is 0 Å². The first-order valence-corrected chi connectivity index (χ1v) is 8.94. The van der Waals surface area contributed by atoms with Crippen molar-refractivity contribution in [1.29, 1.82) is 0 Å². The van der Waals surface area contributed by atoms with Gasteiger partial charge in [0.2, 0.25) is 5.88 Å². The highest BCUT2D eigenvalue weighted by Crippen LogP contribution is 2.38. The van der Waals surface area contributed by atoms with Crippen LogP contribution in [0.3, 0.4) is 0 Å². The van der Waals surface area contributed by atoms with E-state index in [1.54, 1.807) is 19.1 Å². The number of aromatic nitrogens is 1. The SMILES string of the molecule is COc1cc(CC2(C)NC(=O)N(c3ccc(SC(F)(F)F)cc3)C2=O)ccn1. The molecule has 1 fully saturated rings. The third-order valence-corrected chi connectivity index (χ3v) is 4.89. The molecule has 1 atom stereocenters. The maximum absolute atomic E-state index is 12.9. The third kappa shape index (κ3) is 4.22. The number of nitrogens with one attached hydrogen (secondary N) is 1. The van der Waals surface area contributed by atoms with Crippen LogP contribution < -0.4 is 15.0 Å². The largest absolute Gasteiger partial charge is 0.481 e. The zero-order valence-electron chi connectivity index (χ0n) is 14.9. The molecule has 1 aromatic heterocycles. The van der Waals surface area contributed by atoms with E-state index in [0.717, 1.165) is 10.5 Å². The Kier molecular flexibility index (Phi) is 5.24. The van der Waals surface area contributed by atoms with E-state index in [1.807, 2.05) is 0 Å². The molecule has 148 valence electrons. The van der Waals surface area contributed by atoms with Crippen LogP contribution in [0.15, 0.2) is 47.5 Å². The molecule has 28 heavy (non-hydrogen) atoms. The average Bonchev–Trinajstić information content (AvgIpc) is 2.83. The van der Waals surface area contributed by atoms with Gasteiger partial charge in [0.25, 0.3) is 5.91 Å². The zero-order valence-corrected chi connectivity index (χ0v) is 15.7. The van der Waals surface area contributed by atoms with Gasteiger partial charge < -0.3 is 10.1 Å². The number of halogens is 3. The molecule has 0 bridgehead atoms. The Morgan fingerprint density at radius 3 is 2.50 bits per heavy atom. The lowest BCUT2D eigenvalue weighted by atomic mass is 9.93. The molecule has 1 unspecified atom stereocenters. The van der Waals surface area contributed by atoms with Crippen LogP contribution in [0.1, 0.15) is 12.5 Å². The monoisotopic (exact) mass is 411 g/mol. The van der Waals surface area contributed by atoms with Gasteiger partial charge in [0.1, 0.15) is 5.54 Å². The number of imide groups is 1. The highest BCUT2D eigenvalue weighted by molar-refractivity contribution is 8.00. The highest BCUT2D eigenvalue weighted by atomic mass is 32.2. The lowest BCUT2D eigenvalue weighted by molar-refractivity contribution is -0.121. The molecule has 0 spiro atoms. The van der Waals surface area contributed by atoms with Crippen LogP contribution >= 0.6 is 11.8 Å². The van der Waals surface area contributed by atoms with Gasteiger partial charge in [-0.15, -0.1) is 0 Å².